The van der Waals surface area contributed by atoms with E-state index in [1.807, 2.05) is 0 Å². The first-order valence-corrected chi connectivity index (χ1v) is 4.63. The quantitative estimate of drug-likeness (QED) is 0.590. The molecule has 0 aliphatic heterocycles. The van der Waals surface area contributed by atoms with Gasteiger partial charge in [0.25, 0.3) is 0 Å². The summed E-state index contributed by atoms with van der Waals surface area (Å²) in [7, 11) is 0. The molecule has 2 N–H and O–H groups in total. The van der Waals surface area contributed by atoms with Crippen LogP contribution in [0, 0.1) is 40.9 Å². The van der Waals surface area contributed by atoms with Gasteiger partial charge >= 0.3 is 0 Å². The smallest absolute Gasteiger partial charge is 0.163 e. The minimum Gasteiger partial charge on any atom is -0.506 e. The van der Waals surface area contributed by atoms with Gasteiger partial charge in [-0.05, 0) is 24.6 Å². The van der Waals surface area contributed by atoms with Gasteiger partial charge in [0.15, 0.2) is 5.57 Å². The van der Waals surface area contributed by atoms with E-state index in [0.717, 1.165) is 5.56 Å². The molecule has 82 valence electrons. The molecular weight excluding hydrogens is 216 g/mol. The van der Waals surface area contributed by atoms with Crippen LogP contribution in [0.2, 0.25) is 0 Å². The maximum absolute atomic E-state index is 9.60. The molecule has 5 heteroatoms. The average Bonchev–Trinajstić information content (AvgIpc) is 2.32. The van der Waals surface area contributed by atoms with E-state index in [4.69, 9.17) is 15.8 Å². The van der Waals surface area contributed by atoms with Crippen molar-refractivity contribution >= 4 is 5.69 Å². The van der Waals surface area contributed by atoms with Gasteiger partial charge < -0.3 is 10.4 Å². The molecule has 0 aromatic heterocycles. The van der Waals surface area contributed by atoms with Crippen LogP contribution in [0.25, 0.3) is 0 Å². The Kier molecular flexibility index (Phi) is 3.71. The predicted octanol–water partition coefficient (Wildman–Crippen LogP) is 1.94. The van der Waals surface area contributed by atoms with Crippen molar-refractivity contribution in [3.05, 3.63) is 35.0 Å². The number of hydrogen-bond donors (Lipinski definition) is 2. The molecular formula is C12H8N4O. The summed E-state index contributed by atoms with van der Waals surface area (Å²) in [6, 6.07) is 9.72. The van der Waals surface area contributed by atoms with Crippen molar-refractivity contribution in [1.82, 2.24) is 0 Å². The van der Waals surface area contributed by atoms with Crippen molar-refractivity contribution in [3.63, 3.8) is 0 Å². The Morgan fingerprint density at radius 1 is 1.18 bits per heavy atom. The number of nitrogens with zero attached hydrogens (tertiary/aromatic N) is 3. The fourth-order valence-electron chi connectivity index (χ4n) is 1.17. The fourth-order valence-corrected chi connectivity index (χ4v) is 1.17. The second-order valence-corrected chi connectivity index (χ2v) is 3.23. The van der Waals surface area contributed by atoms with Crippen LogP contribution in [0.1, 0.15) is 5.56 Å². The third-order valence-electron chi connectivity index (χ3n) is 2.00. The van der Waals surface area contributed by atoms with E-state index in [2.05, 4.69) is 5.32 Å². The summed E-state index contributed by atoms with van der Waals surface area (Å²) in [6.45, 7) is 1.81. The topological polar surface area (TPSA) is 104 Å². The number of hydrogen-bond acceptors (Lipinski definition) is 5. The number of aromatic hydroxyl groups is 1. The Bertz CT molecular complexity index is 580. The minimum absolute atomic E-state index is 0.0482. The van der Waals surface area contributed by atoms with E-state index in [-0.39, 0.29) is 22.7 Å². The van der Waals surface area contributed by atoms with Crippen LogP contribution in [-0.2, 0) is 0 Å². The molecule has 0 bridgehead atoms. The number of benzene rings is 1. The monoisotopic (exact) mass is 224 g/mol. The lowest BCUT2D eigenvalue weighted by Crippen LogP contribution is -2.00. The molecule has 0 amide bonds. The van der Waals surface area contributed by atoms with Crippen molar-refractivity contribution in [2.75, 3.05) is 5.32 Å². The van der Waals surface area contributed by atoms with Crippen LogP contribution < -0.4 is 5.32 Å². The first-order valence-electron chi connectivity index (χ1n) is 4.63. The number of allylic oxidation sites excluding steroid dienone is 2. The molecule has 5 nitrogen and oxygen atoms in total. The normalized spacial score (nSPS) is 8.35. The van der Waals surface area contributed by atoms with Gasteiger partial charge in [-0.2, -0.15) is 15.8 Å². The van der Waals surface area contributed by atoms with Crippen molar-refractivity contribution in [2.24, 2.45) is 0 Å². The molecule has 1 aromatic carbocycles. The molecule has 0 fully saturated rings. The molecule has 17 heavy (non-hydrogen) atoms. The highest BCUT2D eigenvalue weighted by Gasteiger charge is 2.08. The van der Waals surface area contributed by atoms with Crippen LogP contribution in [0.3, 0.4) is 0 Å². The lowest BCUT2D eigenvalue weighted by atomic mass is 10.2. The zero-order valence-electron chi connectivity index (χ0n) is 9.02. The van der Waals surface area contributed by atoms with E-state index in [0.29, 0.717) is 0 Å². The minimum atomic E-state index is -0.326. The number of anilines is 1. The Morgan fingerprint density at radius 2 is 1.82 bits per heavy atom. The van der Waals surface area contributed by atoms with E-state index in [9.17, 15) is 5.11 Å². The standard InChI is InChI=1S/C12H8N4O/c1-8-2-3-10(12(17)4-8)16-11(7-15)9(5-13)6-14/h2-4,16-17H,1H3. The van der Waals surface area contributed by atoms with Gasteiger partial charge in [-0.3, -0.25) is 0 Å². The molecule has 0 heterocycles. The van der Waals surface area contributed by atoms with Crippen LogP contribution in [-0.4, -0.2) is 5.11 Å². The Hall–Kier alpha value is -2.97. The summed E-state index contributed by atoms with van der Waals surface area (Å²) in [5.41, 5.74) is 0.619. The lowest BCUT2D eigenvalue weighted by molar-refractivity contribution is 0.477. The molecule has 0 aliphatic carbocycles. The first-order chi connectivity index (χ1) is 8.12. The third-order valence-corrected chi connectivity index (χ3v) is 2.00. The van der Waals surface area contributed by atoms with Gasteiger partial charge in [0.05, 0.1) is 5.69 Å². The van der Waals surface area contributed by atoms with Crippen LogP contribution >= 0.6 is 0 Å². The SMILES string of the molecule is Cc1ccc(NC(C#N)=C(C#N)C#N)c(O)c1. The lowest BCUT2D eigenvalue weighted by Gasteiger charge is -2.07. The van der Waals surface area contributed by atoms with Gasteiger partial charge in [0.2, 0.25) is 0 Å². The molecule has 0 radical (unpaired) electrons. The van der Waals surface area contributed by atoms with Crippen LogP contribution in [0.5, 0.6) is 5.75 Å². The zero-order chi connectivity index (χ0) is 12.8. The number of nitrogens with one attached hydrogen (secondary N) is 1. The predicted molar refractivity (Wildman–Crippen MR) is 60.3 cm³/mol. The summed E-state index contributed by atoms with van der Waals surface area (Å²) in [5.74, 6) is -0.0482. The molecule has 0 atom stereocenters. The van der Waals surface area contributed by atoms with Crippen LogP contribution in [0.15, 0.2) is 29.5 Å². The molecule has 1 rings (SSSR count). The Labute approximate surface area is 98.5 Å². The molecule has 0 spiro atoms. The molecule has 0 unspecified atom stereocenters. The fraction of sp³-hybridized carbons (Fsp3) is 0.0833. The summed E-state index contributed by atoms with van der Waals surface area (Å²) in [5, 5.41) is 38.2. The van der Waals surface area contributed by atoms with Crippen molar-refractivity contribution in [3.8, 4) is 24.0 Å². The van der Waals surface area contributed by atoms with Crippen LogP contribution in [0.4, 0.5) is 5.69 Å². The van der Waals surface area contributed by atoms with Gasteiger partial charge in [0.1, 0.15) is 29.7 Å². The summed E-state index contributed by atoms with van der Waals surface area (Å²) < 4.78 is 0. The summed E-state index contributed by atoms with van der Waals surface area (Å²) in [6.07, 6.45) is 0. The Balaban J connectivity index is 3.16. The summed E-state index contributed by atoms with van der Waals surface area (Å²) >= 11 is 0. The second kappa shape index (κ2) is 5.21. The number of aryl methyl sites for hydroxylation is 1. The highest BCUT2D eigenvalue weighted by Crippen LogP contribution is 2.25. The van der Waals surface area contributed by atoms with E-state index >= 15 is 0 Å². The number of phenols is 1. The molecule has 0 saturated carbocycles. The van der Waals surface area contributed by atoms with Gasteiger partial charge in [-0.25, -0.2) is 0 Å². The number of nitriles is 3. The first kappa shape index (κ1) is 12.1. The highest BCUT2D eigenvalue weighted by atomic mass is 16.3. The largest absolute Gasteiger partial charge is 0.506 e. The molecule has 0 aliphatic rings. The zero-order valence-corrected chi connectivity index (χ0v) is 9.02. The van der Waals surface area contributed by atoms with E-state index in [1.54, 1.807) is 37.3 Å². The maximum atomic E-state index is 9.60. The highest BCUT2D eigenvalue weighted by molar-refractivity contribution is 5.64. The summed E-state index contributed by atoms with van der Waals surface area (Å²) in [4.78, 5) is 0. The molecule has 0 saturated heterocycles. The van der Waals surface area contributed by atoms with Gasteiger partial charge in [-0.15, -0.1) is 0 Å². The third kappa shape index (κ3) is 2.75. The molecule has 1 aromatic rings. The van der Waals surface area contributed by atoms with Gasteiger partial charge in [0, 0.05) is 0 Å². The number of phenolic OH excluding ortho intramolecular Hbond substituents is 1. The number of rotatable bonds is 2. The second-order valence-electron chi connectivity index (χ2n) is 3.23. The maximum Gasteiger partial charge on any atom is 0.163 e. The van der Waals surface area contributed by atoms with E-state index < -0.39 is 0 Å². The van der Waals surface area contributed by atoms with E-state index in [1.165, 1.54) is 6.07 Å². The van der Waals surface area contributed by atoms with Crippen molar-refractivity contribution in [2.45, 2.75) is 6.92 Å². The average molecular weight is 224 g/mol. The van der Waals surface area contributed by atoms with Crippen molar-refractivity contribution in [1.29, 1.82) is 15.8 Å². The van der Waals surface area contributed by atoms with Crippen molar-refractivity contribution < 1.29 is 5.11 Å². The Morgan fingerprint density at radius 3 is 2.29 bits per heavy atom. The van der Waals surface area contributed by atoms with Gasteiger partial charge in [-0.1, -0.05) is 6.07 Å².